The number of rotatable bonds is 3. The van der Waals surface area contributed by atoms with Crippen molar-refractivity contribution in [1.29, 1.82) is 0 Å². The smallest absolute Gasteiger partial charge is 0.181 e. The summed E-state index contributed by atoms with van der Waals surface area (Å²) in [6.45, 7) is 2.11. The van der Waals surface area contributed by atoms with E-state index >= 15 is 0 Å². The van der Waals surface area contributed by atoms with Crippen LogP contribution in [-0.4, -0.2) is 15.0 Å². The van der Waals surface area contributed by atoms with E-state index in [0.717, 1.165) is 31.1 Å². The molecule has 2 rings (SSSR count). The molecule has 19 heavy (non-hydrogen) atoms. The van der Waals surface area contributed by atoms with Gasteiger partial charge in [-0.25, -0.2) is 9.97 Å². The van der Waals surface area contributed by atoms with Crippen LogP contribution in [0.25, 0.3) is 11.5 Å². The van der Waals surface area contributed by atoms with Crippen molar-refractivity contribution in [3.8, 4) is 11.5 Å². The van der Waals surface area contributed by atoms with Crippen LogP contribution in [0.3, 0.4) is 0 Å². The first-order chi connectivity index (χ1) is 9.02. The van der Waals surface area contributed by atoms with Crippen molar-refractivity contribution >= 4 is 66.1 Å². The van der Waals surface area contributed by atoms with E-state index in [1.807, 2.05) is 6.07 Å². The van der Waals surface area contributed by atoms with Crippen LogP contribution in [0, 0.1) is 3.57 Å². The van der Waals surface area contributed by atoms with E-state index in [1.54, 1.807) is 6.20 Å². The van der Waals surface area contributed by atoms with Crippen LogP contribution in [0.4, 0.5) is 0 Å². The molecule has 3 nitrogen and oxygen atoms in total. The summed E-state index contributed by atoms with van der Waals surface area (Å²) in [5.74, 6) is 0.549. The molecule has 0 fully saturated rings. The molecule has 100 valence electrons. The number of aromatic nitrogens is 3. The molecule has 0 aliphatic rings. The maximum Gasteiger partial charge on any atom is 0.181 e. The van der Waals surface area contributed by atoms with Crippen LogP contribution in [0.5, 0.6) is 0 Å². The summed E-state index contributed by atoms with van der Waals surface area (Å²) in [5, 5.41) is 0.477. The highest BCUT2D eigenvalue weighted by molar-refractivity contribution is 14.1. The molecular weight excluding hydrogens is 508 g/mol. The lowest BCUT2D eigenvalue weighted by Gasteiger charge is -2.08. The van der Waals surface area contributed by atoms with E-state index in [0.29, 0.717) is 16.7 Å². The van der Waals surface area contributed by atoms with Crippen molar-refractivity contribution in [1.82, 2.24) is 15.0 Å². The number of pyridine rings is 1. The van der Waals surface area contributed by atoms with Gasteiger partial charge in [-0.05, 0) is 66.9 Å². The molecule has 0 atom stereocenters. The average molecular weight is 517 g/mol. The minimum atomic E-state index is 0.477. The number of aryl methyl sites for hydroxylation is 1. The molecule has 0 bridgehead atoms. The van der Waals surface area contributed by atoms with Gasteiger partial charge in [0.25, 0.3) is 0 Å². The lowest BCUT2D eigenvalue weighted by molar-refractivity contribution is 0.865. The molecule has 2 aromatic rings. The first-order valence-electron chi connectivity index (χ1n) is 5.56. The van der Waals surface area contributed by atoms with Crippen molar-refractivity contribution in [3.63, 3.8) is 0 Å². The van der Waals surface area contributed by atoms with E-state index in [1.165, 1.54) is 0 Å². The zero-order chi connectivity index (χ0) is 14.0. The fraction of sp³-hybridized carbons (Fsp3) is 0.250. The quantitative estimate of drug-likeness (QED) is 0.411. The molecule has 2 aromatic heterocycles. The molecule has 2 heterocycles. The summed E-state index contributed by atoms with van der Waals surface area (Å²) in [6.07, 6.45) is 3.61. The second-order valence-corrected chi connectivity index (χ2v) is 7.04. The van der Waals surface area contributed by atoms with Crippen LogP contribution < -0.4 is 0 Å². The van der Waals surface area contributed by atoms with Crippen molar-refractivity contribution in [2.24, 2.45) is 0 Å². The molecule has 0 saturated heterocycles. The van der Waals surface area contributed by atoms with Gasteiger partial charge in [-0.1, -0.05) is 24.9 Å². The standard InChI is InChI=1S/C12H9Br2ClIN3/c1-2-3-8-9(16)11(15)19-12(18-8)10-7(14)4-6(13)5-17-10/h4-5H,2-3H2,1H3. The molecule has 0 N–H and O–H groups in total. The number of nitrogens with zero attached hydrogens (tertiary/aromatic N) is 3. The highest BCUT2D eigenvalue weighted by Gasteiger charge is 2.14. The Morgan fingerprint density at radius 1 is 1.32 bits per heavy atom. The van der Waals surface area contributed by atoms with Gasteiger partial charge in [0, 0.05) is 15.1 Å². The van der Waals surface area contributed by atoms with E-state index in [4.69, 9.17) is 11.6 Å². The molecule has 0 aromatic carbocycles. The Bertz CT molecular complexity index is 622. The molecule has 0 spiro atoms. The average Bonchev–Trinajstić information content (AvgIpc) is 2.35. The summed E-state index contributed by atoms with van der Waals surface area (Å²) in [4.78, 5) is 13.2. The Morgan fingerprint density at radius 3 is 2.68 bits per heavy atom. The Balaban J connectivity index is 2.56. The van der Waals surface area contributed by atoms with Crippen LogP contribution in [0.1, 0.15) is 19.0 Å². The fourth-order valence-electron chi connectivity index (χ4n) is 1.55. The van der Waals surface area contributed by atoms with E-state index in [9.17, 15) is 0 Å². The summed E-state index contributed by atoms with van der Waals surface area (Å²) < 4.78 is 2.65. The van der Waals surface area contributed by atoms with Gasteiger partial charge >= 0.3 is 0 Å². The molecule has 0 saturated carbocycles. The third kappa shape index (κ3) is 3.65. The fourth-order valence-corrected chi connectivity index (χ4v) is 3.42. The van der Waals surface area contributed by atoms with Crippen molar-refractivity contribution in [2.75, 3.05) is 0 Å². The number of hydrogen-bond donors (Lipinski definition) is 0. The zero-order valence-electron chi connectivity index (χ0n) is 9.92. The molecule has 0 aliphatic carbocycles. The zero-order valence-corrected chi connectivity index (χ0v) is 16.0. The molecular formula is C12H9Br2ClIN3. The second kappa shape index (κ2) is 6.78. The van der Waals surface area contributed by atoms with Gasteiger partial charge in [0.1, 0.15) is 10.8 Å². The molecule has 7 heteroatoms. The maximum absolute atomic E-state index is 6.18. The molecule has 0 unspecified atom stereocenters. The highest BCUT2D eigenvalue weighted by Crippen LogP contribution is 2.29. The van der Waals surface area contributed by atoms with Gasteiger partial charge in [0.15, 0.2) is 5.82 Å². The lowest BCUT2D eigenvalue weighted by atomic mass is 10.2. The minimum absolute atomic E-state index is 0.477. The highest BCUT2D eigenvalue weighted by atomic mass is 127. The van der Waals surface area contributed by atoms with Crippen LogP contribution in [0.2, 0.25) is 5.15 Å². The molecule has 0 radical (unpaired) electrons. The molecule has 0 aliphatic heterocycles. The third-order valence-electron chi connectivity index (χ3n) is 2.39. The van der Waals surface area contributed by atoms with E-state index in [-0.39, 0.29) is 0 Å². The van der Waals surface area contributed by atoms with Crippen LogP contribution in [-0.2, 0) is 6.42 Å². The van der Waals surface area contributed by atoms with Gasteiger partial charge in [-0.2, -0.15) is 0 Å². The van der Waals surface area contributed by atoms with Gasteiger partial charge in [-0.3, -0.25) is 4.98 Å². The Kier molecular flexibility index (Phi) is 5.56. The monoisotopic (exact) mass is 515 g/mol. The predicted molar refractivity (Wildman–Crippen MR) is 92.4 cm³/mol. The predicted octanol–water partition coefficient (Wildman–Crippen LogP) is 5.27. The maximum atomic E-state index is 6.18. The van der Waals surface area contributed by atoms with Crippen LogP contribution >= 0.6 is 66.1 Å². The number of hydrogen-bond acceptors (Lipinski definition) is 3. The van der Waals surface area contributed by atoms with Gasteiger partial charge in [0.05, 0.1) is 9.26 Å². The van der Waals surface area contributed by atoms with Gasteiger partial charge in [-0.15, -0.1) is 0 Å². The van der Waals surface area contributed by atoms with E-state index < -0.39 is 0 Å². The molecule has 0 amide bonds. The largest absolute Gasteiger partial charge is 0.251 e. The van der Waals surface area contributed by atoms with E-state index in [2.05, 4.69) is 76.3 Å². The Hall–Kier alpha value is 0.210. The van der Waals surface area contributed by atoms with Crippen LogP contribution in [0.15, 0.2) is 21.2 Å². The van der Waals surface area contributed by atoms with Gasteiger partial charge < -0.3 is 0 Å². The van der Waals surface area contributed by atoms with Crippen molar-refractivity contribution < 1.29 is 0 Å². The summed E-state index contributed by atoms with van der Waals surface area (Å²) >= 11 is 15.2. The van der Waals surface area contributed by atoms with Crippen molar-refractivity contribution in [3.05, 3.63) is 35.6 Å². The lowest BCUT2D eigenvalue weighted by Crippen LogP contribution is -2.02. The number of halogens is 4. The second-order valence-electron chi connectivity index (χ2n) is 3.83. The normalized spacial score (nSPS) is 10.8. The Labute approximate surface area is 147 Å². The topological polar surface area (TPSA) is 38.7 Å². The summed E-state index contributed by atoms with van der Waals surface area (Å²) in [7, 11) is 0. The first-order valence-corrected chi connectivity index (χ1v) is 8.60. The third-order valence-corrected chi connectivity index (χ3v) is 5.15. The minimum Gasteiger partial charge on any atom is -0.251 e. The summed E-state index contributed by atoms with van der Waals surface area (Å²) in [6, 6.07) is 1.91. The summed E-state index contributed by atoms with van der Waals surface area (Å²) in [5.41, 5.74) is 1.66. The van der Waals surface area contributed by atoms with Crippen molar-refractivity contribution in [2.45, 2.75) is 19.8 Å². The van der Waals surface area contributed by atoms with Gasteiger partial charge in [0.2, 0.25) is 0 Å². The Morgan fingerprint density at radius 2 is 2.05 bits per heavy atom. The first kappa shape index (κ1) is 15.6. The SMILES string of the molecule is CCCc1nc(-c2ncc(Br)cc2Br)nc(Cl)c1I.